The van der Waals surface area contributed by atoms with Crippen molar-refractivity contribution in [3.8, 4) is 0 Å². The maximum absolute atomic E-state index is 5.97. The van der Waals surface area contributed by atoms with Crippen molar-refractivity contribution in [1.82, 2.24) is 10.6 Å². The summed E-state index contributed by atoms with van der Waals surface area (Å²) in [6.07, 6.45) is 7.06. The molecule has 25 heavy (non-hydrogen) atoms. The molecule has 0 unspecified atom stereocenters. The van der Waals surface area contributed by atoms with Gasteiger partial charge < -0.3 is 16.0 Å². The van der Waals surface area contributed by atoms with E-state index >= 15 is 0 Å². The first-order valence-corrected chi connectivity index (χ1v) is 9.30. The molecular weight excluding hydrogens is 332 g/mol. The minimum atomic E-state index is 0.702. The second-order valence-corrected chi connectivity index (χ2v) is 5.46. The number of allylic oxidation sites excluding steroid dienone is 3. The van der Waals surface area contributed by atoms with Crippen LogP contribution in [0.1, 0.15) is 34.1 Å². The summed E-state index contributed by atoms with van der Waals surface area (Å²) in [4.78, 5) is 4.45. The van der Waals surface area contributed by atoms with E-state index in [9.17, 15) is 0 Å². The number of likely N-dealkylation sites (N-methyl/N-ethyl adjacent to an activating group) is 2. The summed E-state index contributed by atoms with van der Waals surface area (Å²) in [6.45, 7) is 10.2. The lowest BCUT2D eigenvalue weighted by Crippen LogP contribution is -2.21. The molecule has 0 saturated carbocycles. The molecule has 4 nitrogen and oxygen atoms in total. The topological polar surface area (TPSA) is 48.5 Å². The molecule has 1 aromatic carbocycles. The predicted molar refractivity (Wildman–Crippen MR) is 115 cm³/mol. The van der Waals surface area contributed by atoms with Crippen molar-refractivity contribution >= 4 is 29.2 Å². The highest BCUT2D eigenvalue weighted by Gasteiger charge is 2.10. The van der Waals surface area contributed by atoms with Crippen LogP contribution in [0.5, 0.6) is 0 Å². The smallest absolute Gasteiger partial charge is 0.0879 e. The standard InChI is InChI=1S/C14H15ClN2.C4H12N2.C2H6/c1-3-5-12-10(4-2)9-16-14-8-11(15)6-7-13(14)17-12;1-5-3-4-6-2;1-2/h4-9,17H,3H2,1-2H3;5-6H,3-4H2,1-2H3;1-2H3/b10-4-,12-5+;;. The van der Waals surface area contributed by atoms with Gasteiger partial charge in [-0.3, -0.25) is 4.99 Å². The summed E-state index contributed by atoms with van der Waals surface area (Å²) < 4.78 is 0. The lowest BCUT2D eigenvalue weighted by atomic mass is 10.1. The van der Waals surface area contributed by atoms with Gasteiger partial charge in [-0.2, -0.15) is 0 Å². The normalized spacial score (nSPS) is 15.3. The zero-order valence-electron chi connectivity index (χ0n) is 16.4. The summed E-state index contributed by atoms with van der Waals surface area (Å²) >= 11 is 5.97. The highest BCUT2D eigenvalue weighted by Crippen LogP contribution is 2.32. The van der Waals surface area contributed by atoms with Gasteiger partial charge in [-0.1, -0.05) is 44.5 Å². The van der Waals surface area contributed by atoms with Crippen LogP contribution in [0.3, 0.4) is 0 Å². The SMILES string of the molecule is C/C=C1/C=Nc2cc(Cl)ccc2N/C1=C/CC.CC.CNCCNC. The Bertz CT molecular complexity index is 573. The van der Waals surface area contributed by atoms with Crippen LogP contribution in [-0.4, -0.2) is 33.4 Å². The van der Waals surface area contributed by atoms with Gasteiger partial charge in [0.25, 0.3) is 0 Å². The van der Waals surface area contributed by atoms with E-state index in [1.165, 1.54) is 0 Å². The highest BCUT2D eigenvalue weighted by molar-refractivity contribution is 6.31. The molecule has 1 aromatic rings. The van der Waals surface area contributed by atoms with E-state index in [2.05, 4.69) is 33.9 Å². The number of hydrogen-bond donors (Lipinski definition) is 3. The average molecular weight is 365 g/mol. The number of hydrogen-bond acceptors (Lipinski definition) is 4. The number of halogens is 1. The second kappa shape index (κ2) is 14.7. The van der Waals surface area contributed by atoms with Crippen LogP contribution in [0.4, 0.5) is 11.4 Å². The molecule has 0 bridgehead atoms. The summed E-state index contributed by atoms with van der Waals surface area (Å²) in [6, 6.07) is 5.69. The van der Waals surface area contributed by atoms with Crippen molar-refractivity contribution in [3.63, 3.8) is 0 Å². The van der Waals surface area contributed by atoms with Gasteiger partial charge in [0.2, 0.25) is 0 Å². The Morgan fingerprint density at radius 2 is 1.80 bits per heavy atom. The second-order valence-electron chi connectivity index (χ2n) is 5.02. The molecule has 1 heterocycles. The fourth-order valence-electron chi connectivity index (χ4n) is 2.00. The first-order chi connectivity index (χ1) is 12.2. The molecule has 3 N–H and O–H groups in total. The Hall–Kier alpha value is -1.62. The van der Waals surface area contributed by atoms with Crippen LogP contribution in [0.25, 0.3) is 0 Å². The number of benzene rings is 1. The van der Waals surface area contributed by atoms with E-state index < -0.39 is 0 Å². The van der Waals surface area contributed by atoms with Crippen LogP contribution in [-0.2, 0) is 0 Å². The largest absolute Gasteiger partial charge is 0.353 e. The van der Waals surface area contributed by atoms with Crippen LogP contribution < -0.4 is 16.0 Å². The van der Waals surface area contributed by atoms with Crippen molar-refractivity contribution in [2.75, 3.05) is 32.5 Å². The Labute approximate surface area is 158 Å². The lowest BCUT2D eigenvalue weighted by Gasteiger charge is -2.10. The van der Waals surface area contributed by atoms with E-state index in [4.69, 9.17) is 11.6 Å². The number of nitrogens with zero attached hydrogens (tertiary/aromatic N) is 1. The molecule has 1 aliphatic heterocycles. The van der Waals surface area contributed by atoms with Gasteiger partial charge in [-0.05, 0) is 45.6 Å². The average Bonchev–Trinajstić information content (AvgIpc) is 2.81. The Morgan fingerprint density at radius 3 is 2.32 bits per heavy atom. The van der Waals surface area contributed by atoms with E-state index in [0.29, 0.717) is 5.02 Å². The monoisotopic (exact) mass is 364 g/mol. The Balaban J connectivity index is 0.000000614. The minimum Gasteiger partial charge on any atom is -0.353 e. The molecule has 0 saturated heterocycles. The van der Waals surface area contributed by atoms with Gasteiger partial charge in [0.15, 0.2) is 0 Å². The van der Waals surface area contributed by atoms with Gasteiger partial charge in [0, 0.05) is 35.6 Å². The molecule has 0 fully saturated rings. The molecule has 140 valence electrons. The van der Waals surface area contributed by atoms with E-state index in [1.54, 1.807) is 0 Å². The van der Waals surface area contributed by atoms with Crippen LogP contribution >= 0.6 is 11.6 Å². The molecular formula is C20H33ClN4. The maximum atomic E-state index is 5.97. The fraction of sp³-hybridized carbons (Fsp3) is 0.450. The van der Waals surface area contributed by atoms with E-state index in [0.717, 1.165) is 42.2 Å². The van der Waals surface area contributed by atoms with Gasteiger partial charge in [0.1, 0.15) is 0 Å². The number of fused-ring (bicyclic) bond motifs is 1. The molecule has 1 aliphatic rings. The van der Waals surface area contributed by atoms with Gasteiger partial charge in [-0.25, -0.2) is 0 Å². The highest BCUT2D eigenvalue weighted by atomic mass is 35.5. The van der Waals surface area contributed by atoms with Crippen molar-refractivity contribution in [3.05, 3.63) is 46.6 Å². The van der Waals surface area contributed by atoms with Gasteiger partial charge >= 0.3 is 0 Å². The van der Waals surface area contributed by atoms with Crippen LogP contribution in [0, 0.1) is 0 Å². The van der Waals surface area contributed by atoms with Crippen LogP contribution in [0.2, 0.25) is 5.02 Å². The van der Waals surface area contributed by atoms with Crippen LogP contribution in [0.15, 0.2) is 46.6 Å². The third-order valence-electron chi connectivity index (χ3n) is 3.23. The quantitative estimate of drug-likeness (QED) is 0.647. The Morgan fingerprint density at radius 1 is 1.16 bits per heavy atom. The third kappa shape index (κ3) is 8.87. The Kier molecular flexibility index (Phi) is 13.7. The first-order valence-electron chi connectivity index (χ1n) is 8.92. The number of aliphatic imine (C=N–C) groups is 1. The predicted octanol–water partition coefficient (Wildman–Crippen LogP) is 5.16. The molecule has 0 aliphatic carbocycles. The zero-order chi connectivity index (χ0) is 19.1. The maximum Gasteiger partial charge on any atom is 0.0879 e. The number of rotatable bonds is 4. The summed E-state index contributed by atoms with van der Waals surface area (Å²) in [5.74, 6) is 0. The fourth-order valence-corrected chi connectivity index (χ4v) is 2.16. The summed E-state index contributed by atoms with van der Waals surface area (Å²) in [7, 11) is 3.88. The molecule has 2 rings (SSSR count). The molecule has 0 atom stereocenters. The van der Waals surface area contributed by atoms with E-state index in [1.807, 2.05) is 65.4 Å². The number of anilines is 1. The first kappa shape index (κ1) is 23.4. The van der Waals surface area contributed by atoms with Gasteiger partial charge in [0.05, 0.1) is 11.4 Å². The summed E-state index contributed by atoms with van der Waals surface area (Å²) in [5, 5.41) is 10.1. The molecule has 0 radical (unpaired) electrons. The summed E-state index contributed by atoms with van der Waals surface area (Å²) in [5.41, 5.74) is 4.05. The third-order valence-corrected chi connectivity index (χ3v) is 3.46. The molecule has 5 heteroatoms. The van der Waals surface area contributed by atoms with E-state index in [-0.39, 0.29) is 0 Å². The van der Waals surface area contributed by atoms with Crippen molar-refractivity contribution < 1.29 is 0 Å². The molecule has 0 spiro atoms. The van der Waals surface area contributed by atoms with Gasteiger partial charge in [-0.15, -0.1) is 0 Å². The zero-order valence-corrected chi connectivity index (χ0v) is 17.2. The number of nitrogens with one attached hydrogen (secondary N) is 3. The molecule has 0 aromatic heterocycles. The lowest BCUT2D eigenvalue weighted by molar-refractivity contribution is 0.718. The molecule has 0 amide bonds. The van der Waals surface area contributed by atoms with Crippen molar-refractivity contribution in [2.45, 2.75) is 34.1 Å². The van der Waals surface area contributed by atoms with Crippen molar-refractivity contribution in [2.24, 2.45) is 4.99 Å². The minimum absolute atomic E-state index is 0.702. The van der Waals surface area contributed by atoms with Crippen molar-refractivity contribution in [1.29, 1.82) is 0 Å².